The molecule has 1 saturated heterocycles. The number of aromatic nitrogens is 1. The Kier molecular flexibility index (Phi) is 4.43. The Morgan fingerprint density at radius 3 is 3.04 bits per heavy atom. The van der Waals surface area contributed by atoms with E-state index in [2.05, 4.69) is 28.5 Å². The van der Waals surface area contributed by atoms with Crippen LogP contribution in [0, 0.1) is 0 Å². The molecule has 1 fully saturated rings. The van der Waals surface area contributed by atoms with Crippen LogP contribution in [0.15, 0.2) is 53.1 Å². The molecule has 1 aliphatic heterocycles. The highest BCUT2D eigenvalue weighted by molar-refractivity contribution is 5.80. The monoisotopic (exact) mass is 339 g/mol. The van der Waals surface area contributed by atoms with E-state index < -0.39 is 0 Å². The summed E-state index contributed by atoms with van der Waals surface area (Å²) in [5.41, 5.74) is 2.25. The van der Waals surface area contributed by atoms with Gasteiger partial charge in [-0.1, -0.05) is 18.2 Å². The molecule has 0 aliphatic carbocycles. The second-order valence-electron chi connectivity index (χ2n) is 6.18. The molecule has 2 aromatic heterocycles. The molecule has 130 valence electrons. The number of carbonyl (C=O) groups is 1. The van der Waals surface area contributed by atoms with Gasteiger partial charge in [0.2, 0.25) is 0 Å². The van der Waals surface area contributed by atoms with Gasteiger partial charge in [-0.15, -0.1) is 0 Å². The van der Waals surface area contributed by atoms with Crippen LogP contribution in [0.1, 0.15) is 17.6 Å². The number of hydrogen-bond donors (Lipinski definition) is 2. The number of ether oxygens (including phenoxy) is 1. The summed E-state index contributed by atoms with van der Waals surface area (Å²) in [6.07, 6.45) is 2.20. The van der Waals surface area contributed by atoms with Crippen LogP contribution in [0.4, 0.5) is 4.79 Å². The van der Waals surface area contributed by atoms with E-state index in [1.807, 2.05) is 24.3 Å². The van der Waals surface area contributed by atoms with Gasteiger partial charge in [0.05, 0.1) is 19.4 Å². The largest absolute Gasteiger partial charge is 0.467 e. The Balaban J connectivity index is 1.29. The molecule has 3 aromatic rings. The maximum Gasteiger partial charge on any atom is 0.317 e. The van der Waals surface area contributed by atoms with Gasteiger partial charge in [0, 0.05) is 30.7 Å². The third-order valence-electron chi connectivity index (χ3n) is 4.47. The number of rotatable bonds is 4. The molecule has 6 nitrogen and oxygen atoms in total. The Morgan fingerprint density at radius 1 is 1.28 bits per heavy atom. The van der Waals surface area contributed by atoms with Crippen molar-refractivity contribution in [2.45, 2.75) is 12.5 Å². The van der Waals surface area contributed by atoms with E-state index in [9.17, 15) is 4.79 Å². The quantitative estimate of drug-likeness (QED) is 0.767. The maximum absolute atomic E-state index is 12.4. The number of nitrogens with zero attached hydrogens (tertiary/aromatic N) is 1. The zero-order chi connectivity index (χ0) is 17.1. The zero-order valence-corrected chi connectivity index (χ0v) is 13.9. The van der Waals surface area contributed by atoms with E-state index in [0.29, 0.717) is 26.2 Å². The number of amides is 2. The van der Waals surface area contributed by atoms with Crippen LogP contribution < -0.4 is 5.32 Å². The molecular weight excluding hydrogens is 318 g/mol. The predicted octanol–water partition coefficient (Wildman–Crippen LogP) is 3.09. The number of para-hydroxylation sites is 1. The van der Waals surface area contributed by atoms with Crippen LogP contribution in [0.3, 0.4) is 0 Å². The van der Waals surface area contributed by atoms with Crippen LogP contribution in [0.2, 0.25) is 0 Å². The second kappa shape index (κ2) is 7.03. The molecule has 0 bridgehead atoms. The lowest BCUT2D eigenvalue weighted by molar-refractivity contribution is -0.0260. The third-order valence-corrected chi connectivity index (χ3v) is 4.47. The summed E-state index contributed by atoms with van der Waals surface area (Å²) < 4.78 is 11.1. The summed E-state index contributed by atoms with van der Waals surface area (Å²) in [6, 6.07) is 13.9. The van der Waals surface area contributed by atoms with Crippen LogP contribution >= 0.6 is 0 Å². The summed E-state index contributed by atoms with van der Waals surface area (Å²) in [4.78, 5) is 17.6. The lowest BCUT2D eigenvalue weighted by Crippen LogP contribution is -2.47. The molecule has 1 aromatic carbocycles. The molecule has 4 rings (SSSR count). The topological polar surface area (TPSA) is 70.5 Å². The number of hydrogen-bond acceptors (Lipinski definition) is 3. The second-order valence-corrected chi connectivity index (χ2v) is 6.18. The minimum atomic E-state index is -0.191. The van der Waals surface area contributed by atoms with Gasteiger partial charge in [0.25, 0.3) is 0 Å². The summed E-state index contributed by atoms with van der Waals surface area (Å²) in [6.45, 7) is 2.20. The van der Waals surface area contributed by atoms with E-state index in [-0.39, 0.29) is 12.1 Å². The first-order chi connectivity index (χ1) is 12.3. The van der Waals surface area contributed by atoms with E-state index in [4.69, 9.17) is 9.15 Å². The van der Waals surface area contributed by atoms with E-state index in [1.54, 1.807) is 11.2 Å². The summed E-state index contributed by atoms with van der Waals surface area (Å²) >= 11 is 0. The number of carbonyl (C=O) groups excluding carboxylic acids is 1. The number of morpholine rings is 1. The average molecular weight is 339 g/mol. The fourth-order valence-electron chi connectivity index (χ4n) is 3.16. The molecule has 3 heterocycles. The molecule has 6 heteroatoms. The van der Waals surface area contributed by atoms with Crippen molar-refractivity contribution < 1.29 is 13.9 Å². The molecule has 0 radical (unpaired) electrons. The molecule has 0 spiro atoms. The summed E-state index contributed by atoms with van der Waals surface area (Å²) in [7, 11) is 0. The minimum absolute atomic E-state index is 0.0593. The average Bonchev–Trinajstić information content (AvgIpc) is 3.31. The first-order valence-electron chi connectivity index (χ1n) is 8.54. The van der Waals surface area contributed by atoms with Crippen LogP contribution in [0.5, 0.6) is 0 Å². The number of benzene rings is 1. The third kappa shape index (κ3) is 3.53. The SMILES string of the molecule is O=C(NCCc1cc2ccccc2[nH]1)N1CCO[C@@H](c2ccco2)C1. The van der Waals surface area contributed by atoms with E-state index in [1.165, 1.54) is 5.39 Å². The zero-order valence-electron chi connectivity index (χ0n) is 13.9. The molecule has 2 amide bonds. The van der Waals surface area contributed by atoms with Crippen molar-refractivity contribution in [1.82, 2.24) is 15.2 Å². The lowest BCUT2D eigenvalue weighted by atomic mass is 10.2. The standard InChI is InChI=1S/C19H21N3O3/c23-19(22-9-11-25-18(13-22)17-6-3-10-24-17)20-8-7-15-12-14-4-1-2-5-16(14)21-15/h1-6,10,12,18,21H,7-9,11,13H2,(H,20,23)/t18-/m1/s1. The normalized spacial score (nSPS) is 17.8. The number of urea groups is 1. The number of H-pyrrole nitrogens is 1. The van der Waals surface area contributed by atoms with E-state index >= 15 is 0 Å². The molecule has 0 saturated carbocycles. The summed E-state index contributed by atoms with van der Waals surface area (Å²) in [5.74, 6) is 0.760. The Morgan fingerprint density at radius 2 is 2.20 bits per heavy atom. The highest BCUT2D eigenvalue weighted by Crippen LogP contribution is 2.22. The van der Waals surface area contributed by atoms with Gasteiger partial charge in [-0.25, -0.2) is 4.79 Å². The Labute approximate surface area is 145 Å². The van der Waals surface area contributed by atoms with Gasteiger partial charge >= 0.3 is 6.03 Å². The fourth-order valence-corrected chi connectivity index (χ4v) is 3.16. The summed E-state index contributed by atoms with van der Waals surface area (Å²) in [5, 5.41) is 4.18. The van der Waals surface area contributed by atoms with Crippen LogP contribution in [-0.4, -0.2) is 42.2 Å². The first-order valence-corrected chi connectivity index (χ1v) is 8.54. The van der Waals surface area contributed by atoms with Crippen LogP contribution in [-0.2, 0) is 11.2 Å². The van der Waals surface area contributed by atoms with Crippen molar-refractivity contribution in [2.24, 2.45) is 0 Å². The van der Waals surface area contributed by atoms with E-state index in [0.717, 1.165) is 23.4 Å². The minimum Gasteiger partial charge on any atom is -0.467 e. The van der Waals surface area contributed by atoms with Crippen molar-refractivity contribution in [3.05, 3.63) is 60.2 Å². The van der Waals surface area contributed by atoms with Gasteiger partial charge in [0.1, 0.15) is 11.9 Å². The molecular formula is C19H21N3O3. The Bertz CT molecular complexity index is 808. The number of aromatic amines is 1. The van der Waals surface area contributed by atoms with Gasteiger partial charge in [-0.05, 0) is 29.7 Å². The van der Waals surface area contributed by atoms with Gasteiger partial charge in [0.15, 0.2) is 0 Å². The van der Waals surface area contributed by atoms with Crippen molar-refractivity contribution in [2.75, 3.05) is 26.2 Å². The molecule has 25 heavy (non-hydrogen) atoms. The molecule has 0 unspecified atom stereocenters. The number of fused-ring (bicyclic) bond motifs is 1. The van der Waals surface area contributed by atoms with Crippen molar-refractivity contribution in [1.29, 1.82) is 0 Å². The highest BCUT2D eigenvalue weighted by Gasteiger charge is 2.26. The Hall–Kier alpha value is -2.73. The van der Waals surface area contributed by atoms with Gasteiger partial charge < -0.3 is 24.4 Å². The molecule has 2 N–H and O–H groups in total. The molecule has 1 aliphatic rings. The van der Waals surface area contributed by atoms with Crippen molar-refractivity contribution in [3.8, 4) is 0 Å². The van der Waals surface area contributed by atoms with Gasteiger partial charge in [-0.2, -0.15) is 0 Å². The smallest absolute Gasteiger partial charge is 0.317 e. The number of nitrogens with one attached hydrogen (secondary N) is 2. The van der Waals surface area contributed by atoms with Crippen molar-refractivity contribution in [3.63, 3.8) is 0 Å². The highest BCUT2D eigenvalue weighted by atomic mass is 16.5. The van der Waals surface area contributed by atoms with Crippen molar-refractivity contribution >= 4 is 16.9 Å². The molecule has 1 atom stereocenters. The van der Waals surface area contributed by atoms with Crippen LogP contribution in [0.25, 0.3) is 10.9 Å². The lowest BCUT2D eigenvalue weighted by Gasteiger charge is -2.32. The predicted molar refractivity (Wildman–Crippen MR) is 94.4 cm³/mol. The van der Waals surface area contributed by atoms with Gasteiger partial charge in [-0.3, -0.25) is 0 Å². The number of furan rings is 1. The first kappa shape index (κ1) is 15.8. The fraction of sp³-hybridized carbons (Fsp3) is 0.316. The maximum atomic E-state index is 12.4.